The van der Waals surface area contributed by atoms with Crippen molar-refractivity contribution in [1.29, 1.82) is 0 Å². The van der Waals surface area contributed by atoms with Gasteiger partial charge in [0.25, 0.3) is 0 Å². The first-order valence-electron chi connectivity index (χ1n) is 7.90. The molecule has 0 saturated carbocycles. The molecule has 1 aromatic carbocycles. The second kappa shape index (κ2) is 6.96. The smallest absolute Gasteiger partial charge is 0.414 e. The normalized spacial score (nSPS) is 19.6. The van der Waals surface area contributed by atoms with Gasteiger partial charge in [0.15, 0.2) is 0 Å². The Bertz CT molecular complexity index is 724. The van der Waals surface area contributed by atoms with Gasteiger partial charge in [-0.15, -0.1) is 0 Å². The third kappa shape index (κ3) is 3.65. The topological polar surface area (TPSA) is 83.5 Å². The summed E-state index contributed by atoms with van der Waals surface area (Å²) in [4.78, 5) is 31.0. The van der Waals surface area contributed by atoms with Crippen molar-refractivity contribution >= 4 is 29.7 Å². The minimum absolute atomic E-state index is 0.201. The van der Waals surface area contributed by atoms with E-state index in [2.05, 4.69) is 10.5 Å². The zero-order valence-corrected chi connectivity index (χ0v) is 14.0. The van der Waals surface area contributed by atoms with Crippen LogP contribution in [0.25, 0.3) is 0 Å². The molecule has 1 saturated heterocycles. The number of benzene rings is 1. The van der Waals surface area contributed by atoms with Crippen molar-refractivity contribution in [1.82, 2.24) is 5.32 Å². The highest BCUT2D eigenvalue weighted by atomic mass is 19.1. The molecule has 1 unspecified atom stereocenters. The Balaban J connectivity index is 1.79. The van der Waals surface area contributed by atoms with E-state index >= 15 is 0 Å². The van der Waals surface area contributed by atoms with Crippen LogP contribution in [0.4, 0.5) is 20.6 Å². The zero-order valence-electron chi connectivity index (χ0n) is 14.0. The molecule has 0 aromatic heterocycles. The molecular formula is C16H19FN4O4. The van der Waals surface area contributed by atoms with Gasteiger partial charge in [0.2, 0.25) is 5.91 Å². The number of nitrogens with one attached hydrogen (secondary N) is 1. The predicted molar refractivity (Wildman–Crippen MR) is 89.2 cm³/mol. The van der Waals surface area contributed by atoms with E-state index in [0.29, 0.717) is 24.5 Å². The number of nitrogens with zero attached hydrogens (tertiary/aromatic N) is 3. The van der Waals surface area contributed by atoms with Gasteiger partial charge in [-0.2, -0.15) is 0 Å². The van der Waals surface area contributed by atoms with E-state index in [0.717, 1.165) is 5.56 Å². The Morgan fingerprint density at radius 1 is 1.44 bits per heavy atom. The molecule has 25 heavy (non-hydrogen) atoms. The van der Waals surface area contributed by atoms with Gasteiger partial charge in [-0.25, -0.2) is 9.18 Å². The van der Waals surface area contributed by atoms with Gasteiger partial charge in [0, 0.05) is 13.0 Å². The average molecular weight is 350 g/mol. The Morgan fingerprint density at radius 3 is 2.92 bits per heavy atom. The fraction of sp³-hybridized carbons (Fsp3) is 0.438. The number of anilines is 2. The summed E-state index contributed by atoms with van der Waals surface area (Å²) in [5, 5.41) is 6.29. The van der Waals surface area contributed by atoms with Crippen LogP contribution in [0.2, 0.25) is 0 Å². The molecule has 9 heteroatoms. The van der Waals surface area contributed by atoms with Crippen molar-refractivity contribution in [2.24, 2.45) is 5.16 Å². The Morgan fingerprint density at radius 2 is 2.24 bits per heavy atom. The lowest BCUT2D eigenvalue weighted by atomic mass is 10.1. The minimum Gasteiger partial charge on any atom is -0.442 e. The van der Waals surface area contributed by atoms with Crippen molar-refractivity contribution in [3.8, 4) is 0 Å². The summed E-state index contributed by atoms with van der Waals surface area (Å²) in [5.74, 6) is -0.666. The first-order chi connectivity index (χ1) is 12.0. The summed E-state index contributed by atoms with van der Waals surface area (Å²) in [6, 6.07) is 2.98. The number of hydrogen-bond acceptors (Lipinski definition) is 6. The maximum Gasteiger partial charge on any atom is 0.414 e. The van der Waals surface area contributed by atoms with Crippen LogP contribution in [0, 0.1) is 12.7 Å². The van der Waals surface area contributed by atoms with E-state index in [1.54, 1.807) is 17.9 Å². The maximum absolute atomic E-state index is 14.6. The van der Waals surface area contributed by atoms with E-state index in [9.17, 15) is 14.0 Å². The second-order valence-corrected chi connectivity index (χ2v) is 5.89. The van der Waals surface area contributed by atoms with E-state index in [4.69, 9.17) is 9.57 Å². The van der Waals surface area contributed by atoms with Gasteiger partial charge < -0.3 is 19.8 Å². The van der Waals surface area contributed by atoms with Crippen LogP contribution in [0.1, 0.15) is 12.5 Å². The van der Waals surface area contributed by atoms with Crippen LogP contribution < -0.4 is 15.1 Å². The highest BCUT2D eigenvalue weighted by molar-refractivity contribution is 5.92. The van der Waals surface area contributed by atoms with Crippen LogP contribution in [0.5, 0.6) is 0 Å². The third-order valence-electron chi connectivity index (χ3n) is 4.00. The maximum atomic E-state index is 14.6. The van der Waals surface area contributed by atoms with Gasteiger partial charge >= 0.3 is 6.09 Å². The van der Waals surface area contributed by atoms with Crippen molar-refractivity contribution in [2.45, 2.75) is 20.0 Å². The molecule has 3 rings (SSSR count). The van der Waals surface area contributed by atoms with Crippen LogP contribution in [0.3, 0.4) is 0 Å². The fourth-order valence-electron chi connectivity index (χ4n) is 2.77. The number of carbonyl (C=O) groups is 2. The minimum atomic E-state index is -0.557. The van der Waals surface area contributed by atoms with Crippen molar-refractivity contribution in [2.75, 3.05) is 36.0 Å². The Hall–Kier alpha value is -2.84. The molecule has 2 aliphatic heterocycles. The van der Waals surface area contributed by atoms with Crippen LogP contribution >= 0.6 is 0 Å². The number of oxime groups is 1. The summed E-state index contributed by atoms with van der Waals surface area (Å²) in [7, 11) is 0. The van der Waals surface area contributed by atoms with Crippen LogP contribution in [0.15, 0.2) is 17.3 Å². The first-order valence-corrected chi connectivity index (χ1v) is 7.90. The van der Waals surface area contributed by atoms with Gasteiger partial charge in [-0.05, 0) is 18.6 Å². The summed E-state index contributed by atoms with van der Waals surface area (Å²) < 4.78 is 19.8. The van der Waals surface area contributed by atoms with E-state index in [-0.39, 0.29) is 19.0 Å². The number of amides is 2. The molecule has 134 valence electrons. The molecule has 0 aliphatic carbocycles. The summed E-state index contributed by atoms with van der Waals surface area (Å²) in [6.45, 7) is 4.52. The van der Waals surface area contributed by atoms with Gasteiger partial charge in [0.05, 0.1) is 31.0 Å². The summed E-state index contributed by atoms with van der Waals surface area (Å²) >= 11 is 0. The highest BCUT2D eigenvalue weighted by Gasteiger charge is 2.33. The molecule has 1 N–H and O–H groups in total. The largest absolute Gasteiger partial charge is 0.442 e. The molecule has 1 aromatic rings. The first kappa shape index (κ1) is 17.0. The molecule has 1 atom stereocenters. The molecule has 0 bridgehead atoms. The molecule has 0 spiro atoms. The van der Waals surface area contributed by atoms with Gasteiger partial charge in [-0.3, -0.25) is 9.69 Å². The molecular weight excluding hydrogens is 331 g/mol. The highest BCUT2D eigenvalue weighted by Crippen LogP contribution is 2.31. The lowest BCUT2D eigenvalue weighted by molar-refractivity contribution is -0.119. The summed E-state index contributed by atoms with van der Waals surface area (Å²) in [6.07, 6.45) is 0.401. The zero-order chi connectivity index (χ0) is 18.0. The molecule has 2 aliphatic rings. The SMILES string of the molecule is CC(=O)NCC1CN(c2cc(F)c(N3C=NOCC3)cc2C)C(=O)O1. The number of aryl methyl sites for hydroxylation is 1. The van der Waals surface area contributed by atoms with Crippen molar-refractivity contribution in [3.05, 3.63) is 23.5 Å². The van der Waals surface area contributed by atoms with Crippen molar-refractivity contribution < 1.29 is 23.6 Å². The second-order valence-electron chi connectivity index (χ2n) is 5.89. The van der Waals surface area contributed by atoms with Crippen LogP contribution in [-0.2, 0) is 14.4 Å². The number of ether oxygens (including phenoxy) is 1. The Kier molecular flexibility index (Phi) is 4.73. The Labute approximate surface area is 144 Å². The molecule has 2 amide bonds. The average Bonchev–Trinajstić information content (AvgIpc) is 2.96. The van der Waals surface area contributed by atoms with Crippen molar-refractivity contribution in [3.63, 3.8) is 0 Å². The molecule has 2 heterocycles. The molecule has 0 radical (unpaired) electrons. The summed E-state index contributed by atoms with van der Waals surface area (Å²) in [5.41, 5.74) is 1.55. The van der Waals surface area contributed by atoms with E-state index < -0.39 is 18.0 Å². The lowest BCUT2D eigenvalue weighted by Crippen LogP contribution is -2.33. The number of rotatable bonds is 4. The number of carbonyl (C=O) groups excluding carboxylic acids is 2. The fourth-order valence-corrected chi connectivity index (χ4v) is 2.77. The number of hydrogen-bond donors (Lipinski definition) is 1. The lowest BCUT2D eigenvalue weighted by Gasteiger charge is -2.24. The number of cyclic esters (lactones) is 1. The monoisotopic (exact) mass is 350 g/mol. The van der Waals surface area contributed by atoms with E-state index in [1.807, 2.05) is 0 Å². The van der Waals surface area contributed by atoms with E-state index in [1.165, 1.54) is 24.2 Å². The quantitative estimate of drug-likeness (QED) is 0.887. The molecule has 1 fully saturated rings. The van der Waals surface area contributed by atoms with Crippen LogP contribution in [-0.4, -0.2) is 50.7 Å². The van der Waals surface area contributed by atoms with Gasteiger partial charge in [0.1, 0.15) is 24.9 Å². The third-order valence-corrected chi connectivity index (χ3v) is 4.00. The standard InChI is InChI=1S/C16H19FN4O4/c1-10-5-15(20-3-4-24-19-9-20)13(17)6-14(10)21-8-12(25-16(21)23)7-18-11(2)22/h5-6,9,12H,3-4,7-8H2,1-2H3,(H,18,22). The number of halogens is 1. The molecule has 8 nitrogen and oxygen atoms in total. The van der Waals surface area contributed by atoms with Gasteiger partial charge in [-0.1, -0.05) is 5.16 Å². The predicted octanol–water partition coefficient (Wildman–Crippen LogP) is 1.38.